The number of fused-ring (bicyclic) bond motifs is 1. The molecule has 20 heavy (non-hydrogen) atoms. The van der Waals surface area contributed by atoms with Crippen molar-refractivity contribution in [2.75, 3.05) is 19.8 Å². The largest absolute Gasteiger partial charge is 0.380 e. The maximum absolute atomic E-state index is 6.13. The van der Waals surface area contributed by atoms with Crippen LogP contribution in [0.3, 0.4) is 0 Å². The monoisotopic (exact) mass is 294 g/mol. The van der Waals surface area contributed by atoms with Crippen LogP contribution < -0.4 is 5.32 Å². The Labute approximate surface area is 125 Å². The van der Waals surface area contributed by atoms with E-state index < -0.39 is 0 Å². The van der Waals surface area contributed by atoms with E-state index in [2.05, 4.69) is 29.1 Å². The van der Waals surface area contributed by atoms with Gasteiger partial charge in [0.15, 0.2) is 0 Å². The summed E-state index contributed by atoms with van der Waals surface area (Å²) in [6.07, 6.45) is 3.36. The van der Waals surface area contributed by atoms with Gasteiger partial charge in [0, 0.05) is 41.8 Å². The molecule has 0 spiro atoms. The molecule has 0 atom stereocenters. The fourth-order valence-corrected chi connectivity index (χ4v) is 2.54. The number of nitrogens with one attached hydrogen (secondary N) is 1. The van der Waals surface area contributed by atoms with Crippen LogP contribution in [0, 0.1) is 0 Å². The summed E-state index contributed by atoms with van der Waals surface area (Å²) < 4.78 is 7.69. The SMILES string of the molecule is CCCNCc1cn(CCOCC)c2cc(Cl)ccc12. The molecule has 0 amide bonds. The van der Waals surface area contributed by atoms with Crippen molar-refractivity contribution >= 4 is 22.5 Å². The van der Waals surface area contributed by atoms with E-state index >= 15 is 0 Å². The lowest BCUT2D eigenvalue weighted by atomic mass is 10.2. The number of rotatable bonds is 8. The Morgan fingerprint density at radius 3 is 2.90 bits per heavy atom. The van der Waals surface area contributed by atoms with E-state index in [1.807, 2.05) is 19.1 Å². The summed E-state index contributed by atoms with van der Waals surface area (Å²) in [4.78, 5) is 0. The Kier molecular flexibility index (Phi) is 5.89. The average Bonchev–Trinajstić information content (AvgIpc) is 2.77. The average molecular weight is 295 g/mol. The zero-order valence-electron chi connectivity index (χ0n) is 12.3. The smallest absolute Gasteiger partial charge is 0.0645 e. The molecule has 3 nitrogen and oxygen atoms in total. The van der Waals surface area contributed by atoms with Crippen LogP contribution in [0.25, 0.3) is 10.9 Å². The van der Waals surface area contributed by atoms with Gasteiger partial charge in [0.05, 0.1) is 6.61 Å². The highest BCUT2D eigenvalue weighted by Crippen LogP contribution is 2.25. The van der Waals surface area contributed by atoms with Crippen molar-refractivity contribution in [2.45, 2.75) is 33.4 Å². The van der Waals surface area contributed by atoms with Gasteiger partial charge in [0.1, 0.15) is 0 Å². The highest BCUT2D eigenvalue weighted by molar-refractivity contribution is 6.31. The molecule has 0 aliphatic heterocycles. The van der Waals surface area contributed by atoms with Crippen molar-refractivity contribution in [3.8, 4) is 0 Å². The minimum absolute atomic E-state index is 0.731. The molecule has 0 saturated carbocycles. The van der Waals surface area contributed by atoms with Gasteiger partial charge in [-0.05, 0) is 37.6 Å². The second kappa shape index (κ2) is 7.67. The first-order valence-corrected chi connectivity index (χ1v) is 7.69. The lowest BCUT2D eigenvalue weighted by molar-refractivity contribution is 0.140. The summed E-state index contributed by atoms with van der Waals surface area (Å²) in [6.45, 7) is 8.48. The third-order valence-electron chi connectivity index (χ3n) is 3.35. The maximum atomic E-state index is 6.13. The first-order chi connectivity index (χ1) is 9.76. The third kappa shape index (κ3) is 3.75. The van der Waals surface area contributed by atoms with Crippen LogP contribution >= 0.6 is 11.6 Å². The zero-order chi connectivity index (χ0) is 14.4. The molecule has 0 bridgehead atoms. The summed E-state index contributed by atoms with van der Waals surface area (Å²) in [7, 11) is 0. The molecule has 1 N–H and O–H groups in total. The third-order valence-corrected chi connectivity index (χ3v) is 3.58. The molecule has 0 aliphatic rings. The Balaban J connectivity index is 2.23. The second-order valence-corrected chi connectivity index (χ2v) is 5.32. The van der Waals surface area contributed by atoms with Crippen LogP contribution in [0.4, 0.5) is 0 Å². The van der Waals surface area contributed by atoms with Crippen LogP contribution in [0.2, 0.25) is 5.02 Å². The van der Waals surface area contributed by atoms with E-state index in [-0.39, 0.29) is 0 Å². The number of hydrogen-bond acceptors (Lipinski definition) is 2. The summed E-state index contributed by atoms with van der Waals surface area (Å²) in [5, 5.41) is 5.51. The number of hydrogen-bond donors (Lipinski definition) is 1. The molecule has 1 heterocycles. The van der Waals surface area contributed by atoms with Crippen LogP contribution in [0.15, 0.2) is 24.4 Å². The minimum atomic E-state index is 0.731. The van der Waals surface area contributed by atoms with Crippen molar-refractivity contribution in [1.82, 2.24) is 9.88 Å². The van der Waals surface area contributed by atoms with Gasteiger partial charge in [0.25, 0.3) is 0 Å². The number of halogens is 1. The Morgan fingerprint density at radius 2 is 2.15 bits per heavy atom. The topological polar surface area (TPSA) is 26.2 Å². The maximum Gasteiger partial charge on any atom is 0.0645 e. The molecule has 1 aromatic heterocycles. The van der Waals surface area contributed by atoms with E-state index in [0.717, 1.165) is 44.3 Å². The minimum Gasteiger partial charge on any atom is -0.380 e. The number of ether oxygens (including phenoxy) is 1. The van der Waals surface area contributed by atoms with Gasteiger partial charge in [-0.3, -0.25) is 0 Å². The second-order valence-electron chi connectivity index (χ2n) is 4.88. The van der Waals surface area contributed by atoms with Gasteiger partial charge in [-0.25, -0.2) is 0 Å². The standard InChI is InChI=1S/C16H23ClN2O/c1-3-7-18-11-13-12-19(8-9-20-4-2)16-10-14(17)5-6-15(13)16/h5-6,10,12,18H,3-4,7-9,11H2,1-2H3. The van der Waals surface area contributed by atoms with Crippen molar-refractivity contribution in [3.63, 3.8) is 0 Å². The first kappa shape index (κ1) is 15.4. The molecule has 2 aromatic rings. The van der Waals surface area contributed by atoms with Crippen LogP contribution in [-0.4, -0.2) is 24.3 Å². The van der Waals surface area contributed by atoms with E-state index in [9.17, 15) is 0 Å². The lowest BCUT2D eigenvalue weighted by Crippen LogP contribution is -2.13. The Hall–Kier alpha value is -1.03. The Morgan fingerprint density at radius 1 is 1.30 bits per heavy atom. The normalized spacial score (nSPS) is 11.3. The molecule has 2 rings (SSSR count). The van der Waals surface area contributed by atoms with Crippen LogP contribution in [-0.2, 0) is 17.8 Å². The fraction of sp³-hybridized carbons (Fsp3) is 0.500. The molecular formula is C16H23ClN2O. The van der Waals surface area contributed by atoms with E-state index in [0.29, 0.717) is 0 Å². The molecule has 0 fully saturated rings. The number of aromatic nitrogens is 1. The van der Waals surface area contributed by atoms with Gasteiger partial charge in [-0.15, -0.1) is 0 Å². The molecule has 110 valence electrons. The zero-order valence-corrected chi connectivity index (χ0v) is 13.0. The van der Waals surface area contributed by atoms with Crippen LogP contribution in [0.5, 0.6) is 0 Å². The van der Waals surface area contributed by atoms with Gasteiger partial charge < -0.3 is 14.6 Å². The van der Waals surface area contributed by atoms with E-state index in [1.165, 1.54) is 16.5 Å². The fourth-order valence-electron chi connectivity index (χ4n) is 2.37. The van der Waals surface area contributed by atoms with Gasteiger partial charge >= 0.3 is 0 Å². The van der Waals surface area contributed by atoms with Gasteiger partial charge in [-0.1, -0.05) is 24.6 Å². The Bertz CT molecular complexity index is 551. The molecule has 0 aliphatic carbocycles. The van der Waals surface area contributed by atoms with Crippen molar-refractivity contribution in [2.24, 2.45) is 0 Å². The van der Waals surface area contributed by atoms with Crippen molar-refractivity contribution in [3.05, 3.63) is 35.0 Å². The number of nitrogens with zero attached hydrogens (tertiary/aromatic N) is 1. The summed E-state index contributed by atoms with van der Waals surface area (Å²) in [6, 6.07) is 6.10. The van der Waals surface area contributed by atoms with E-state index in [4.69, 9.17) is 16.3 Å². The number of benzene rings is 1. The molecular weight excluding hydrogens is 272 g/mol. The molecule has 0 radical (unpaired) electrons. The highest BCUT2D eigenvalue weighted by atomic mass is 35.5. The molecule has 1 aromatic carbocycles. The highest BCUT2D eigenvalue weighted by Gasteiger charge is 2.08. The summed E-state index contributed by atoms with van der Waals surface area (Å²) >= 11 is 6.13. The van der Waals surface area contributed by atoms with Crippen molar-refractivity contribution < 1.29 is 4.74 Å². The van der Waals surface area contributed by atoms with Crippen LogP contribution in [0.1, 0.15) is 25.8 Å². The summed E-state index contributed by atoms with van der Waals surface area (Å²) in [5.41, 5.74) is 2.51. The molecule has 4 heteroatoms. The first-order valence-electron chi connectivity index (χ1n) is 7.32. The quantitative estimate of drug-likeness (QED) is 0.749. The van der Waals surface area contributed by atoms with Gasteiger partial charge in [0.2, 0.25) is 0 Å². The predicted octanol–water partition coefficient (Wildman–Crippen LogP) is 3.83. The molecule has 0 unspecified atom stereocenters. The molecule has 0 saturated heterocycles. The van der Waals surface area contributed by atoms with E-state index in [1.54, 1.807) is 0 Å². The lowest BCUT2D eigenvalue weighted by Gasteiger charge is -2.05. The predicted molar refractivity (Wildman–Crippen MR) is 85.4 cm³/mol. The summed E-state index contributed by atoms with van der Waals surface area (Å²) in [5.74, 6) is 0. The van der Waals surface area contributed by atoms with Gasteiger partial charge in [-0.2, -0.15) is 0 Å². The van der Waals surface area contributed by atoms with Crippen molar-refractivity contribution in [1.29, 1.82) is 0 Å².